The van der Waals surface area contributed by atoms with Crippen LogP contribution in [0, 0.1) is 5.92 Å². The highest BCUT2D eigenvalue weighted by molar-refractivity contribution is 9.10. The molecule has 0 radical (unpaired) electrons. The van der Waals surface area contributed by atoms with Gasteiger partial charge in [0.2, 0.25) is 0 Å². The monoisotopic (exact) mass is 302 g/mol. The Kier molecular flexibility index (Phi) is 4.15. The van der Waals surface area contributed by atoms with Gasteiger partial charge in [0.15, 0.2) is 0 Å². The van der Waals surface area contributed by atoms with Crippen LogP contribution in [0.3, 0.4) is 0 Å². The maximum absolute atomic E-state index is 6.10. The molecule has 0 bridgehead atoms. The van der Waals surface area contributed by atoms with Crippen LogP contribution >= 0.6 is 27.5 Å². The molecule has 2 rings (SSSR count). The van der Waals surface area contributed by atoms with E-state index in [-0.39, 0.29) is 0 Å². The lowest BCUT2D eigenvalue weighted by Crippen LogP contribution is -2.23. The molecular weight excluding hydrogens is 287 g/mol. The molecule has 16 heavy (non-hydrogen) atoms. The molecule has 0 aromatic heterocycles. The van der Waals surface area contributed by atoms with E-state index < -0.39 is 0 Å². The average molecular weight is 304 g/mol. The molecule has 1 aliphatic carbocycles. The minimum absolute atomic E-state index is 0.336. The third-order valence-corrected chi connectivity index (χ3v) is 3.96. The first-order valence-electron chi connectivity index (χ1n) is 5.77. The highest BCUT2D eigenvalue weighted by Gasteiger charge is 2.20. The van der Waals surface area contributed by atoms with Gasteiger partial charge in [0.25, 0.3) is 0 Å². The van der Waals surface area contributed by atoms with E-state index in [1.54, 1.807) is 0 Å². The Balaban J connectivity index is 2.00. The standard InChI is InChI=1S/C13H16BrClO/c1-9-2-5-11(6-3-9)16-13-8-10(14)4-7-12(13)15/h4,7-9,11H,2-3,5-6H2,1H3. The molecule has 1 nitrogen and oxygen atoms in total. The van der Waals surface area contributed by atoms with Crippen molar-refractivity contribution in [2.24, 2.45) is 5.92 Å². The maximum atomic E-state index is 6.10. The van der Waals surface area contributed by atoms with Crippen molar-refractivity contribution in [3.05, 3.63) is 27.7 Å². The van der Waals surface area contributed by atoms with Crippen molar-refractivity contribution < 1.29 is 4.74 Å². The first-order valence-corrected chi connectivity index (χ1v) is 6.94. The van der Waals surface area contributed by atoms with Crippen LogP contribution in [0.4, 0.5) is 0 Å². The van der Waals surface area contributed by atoms with Crippen LogP contribution in [0.5, 0.6) is 5.75 Å². The number of ether oxygens (including phenoxy) is 1. The summed E-state index contributed by atoms with van der Waals surface area (Å²) in [5, 5.41) is 0.696. The van der Waals surface area contributed by atoms with Gasteiger partial charge in [-0.05, 0) is 49.8 Å². The minimum Gasteiger partial charge on any atom is -0.489 e. The fourth-order valence-corrected chi connectivity index (χ4v) is 2.60. The van der Waals surface area contributed by atoms with Crippen molar-refractivity contribution in [1.29, 1.82) is 0 Å². The predicted octanol–water partition coefficient (Wildman–Crippen LogP) is 5.06. The summed E-state index contributed by atoms with van der Waals surface area (Å²) in [5.41, 5.74) is 0. The highest BCUT2D eigenvalue weighted by atomic mass is 79.9. The molecule has 88 valence electrons. The molecule has 1 aromatic carbocycles. The molecule has 3 heteroatoms. The molecule has 1 aliphatic rings. The number of benzene rings is 1. The number of hydrogen-bond acceptors (Lipinski definition) is 1. The summed E-state index contributed by atoms with van der Waals surface area (Å²) in [6.07, 6.45) is 5.14. The van der Waals surface area contributed by atoms with Gasteiger partial charge in [-0.1, -0.05) is 34.5 Å². The summed E-state index contributed by atoms with van der Waals surface area (Å²) in [6.45, 7) is 2.31. The van der Waals surface area contributed by atoms with Gasteiger partial charge in [0.1, 0.15) is 5.75 Å². The fourth-order valence-electron chi connectivity index (χ4n) is 2.09. The van der Waals surface area contributed by atoms with Gasteiger partial charge < -0.3 is 4.74 Å². The van der Waals surface area contributed by atoms with Gasteiger partial charge >= 0.3 is 0 Å². The van der Waals surface area contributed by atoms with Crippen LogP contribution in [0.25, 0.3) is 0 Å². The van der Waals surface area contributed by atoms with E-state index in [4.69, 9.17) is 16.3 Å². The summed E-state index contributed by atoms with van der Waals surface area (Å²) in [4.78, 5) is 0. The smallest absolute Gasteiger partial charge is 0.139 e. The van der Waals surface area contributed by atoms with E-state index in [2.05, 4.69) is 22.9 Å². The van der Waals surface area contributed by atoms with E-state index in [9.17, 15) is 0 Å². The zero-order valence-corrected chi connectivity index (χ0v) is 11.7. The summed E-state index contributed by atoms with van der Waals surface area (Å²) >= 11 is 9.53. The third kappa shape index (κ3) is 3.14. The molecule has 0 aliphatic heterocycles. The first-order chi connectivity index (χ1) is 7.65. The SMILES string of the molecule is CC1CCC(Oc2cc(Br)ccc2Cl)CC1. The van der Waals surface area contributed by atoms with Crippen LogP contribution in [0.15, 0.2) is 22.7 Å². The van der Waals surface area contributed by atoms with E-state index in [0.717, 1.165) is 29.0 Å². The normalized spacial score (nSPS) is 25.4. The Morgan fingerprint density at radius 1 is 1.25 bits per heavy atom. The molecular formula is C13H16BrClO. The van der Waals surface area contributed by atoms with Gasteiger partial charge in [-0.15, -0.1) is 0 Å². The summed E-state index contributed by atoms with van der Waals surface area (Å²) in [6, 6.07) is 5.74. The highest BCUT2D eigenvalue weighted by Crippen LogP contribution is 2.32. The Labute approximate surface area is 110 Å². The zero-order chi connectivity index (χ0) is 11.5. The molecule has 1 aromatic rings. The quantitative estimate of drug-likeness (QED) is 0.742. The Bertz CT molecular complexity index is 359. The average Bonchev–Trinajstić information content (AvgIpc) is 2.27. The molecule has 1 saturated carbocycles. The lowest BCUT2D eigenvalue weighted by atomic mass is 9.89. The predicted molar refractivity (Wildman–Crippen MR) is 71.2 cm³/mol. The Morgan fingerprint density at radius 2 is 1.94 bits per heavy atom. The maximum Gasteiger partial charge on any atom is 0.139 e. The van der Waals surface area contributed by atoms with Crippen LogP contribution in [0.2, 0.25) is 5.02 Å². The first kappa shape index (κ1) is 12.3. The van der Waals surface area contributed by atoms with Gasteiger partial charge in [0, 0.05) is 4.47 Å². The Morgan fingerprint density at radius 3 is 2.62 bits per heavy atom. The topological polar surface area (TPSA) is 9.23 Å². The van der Waals surface area contributed by atoms with Crippen molar-refractivity contribution in [3.63, 3.8) is 0 Å². The zero-order valence-electron chi connectivity index (χ0n) is 9.38. The molecule has 0 amide bonds. The van der Waals surface area contributed by atoms with Crippen LogP contribution in [0.1, 0.15) is 32.6 Å². The van der Waals surface area contributed by atoms with Gasteiger partial charge in [-0.2, -0.15) is 0 Å². The van der Waals surface area contributed by atoms with Crippen LogP contribution in [-0.2, 0) is 0 Å². The summed E-state index contributed by atoms with van der Waals surface area (Å²) in [7, 11) is 0. The number of rotatable bonds is 2. The van der Waals surface area contributed by atoms with Gasteiger partial charge in [-0.3, -0.25) is 0 Å². The number of hydrogen-bond donors (Lipinski definition) is 0. The molecule has 0 atom stereocenters. The molecule has 0 unspecified atom stereocenters. The van der Waals surface area contributed by atoms with Crippen molar-refractivity contribution in [3.8, 4) is 5.75 Å². The fraction of sp³-hybridized carbons (Fsp3) is 0.538. The van der Waals surface area contributed by atoms with Crippen molar-refractivity contribution in [1.82, 2.24) is 0 Å². The van der Waals surface area contributed by atoms with Crippen molar-refractivity contribution >= 4 is 27.5 Å². The summed E-state index contributed by atoms with van der Waals surface area (Å²) in [5.74, 6) is 1.65. The van der Waals surface area contributed by atoms with Crippen LogP contribution in [-0.4, -0.2) is 6.10 Å². The molecule has 0 N–H and O–H groups in total. The van der Waals surface area contributed by atoms with Gasteiger partial charge in [-0.25, -0.2) is 0 Å². The van der Waals surface area contributed by atoms with E-state index in [1.807, 2.05) is 18.2 Å². The molecule has 0 saturated heterocycles. The lowest BCUT2D eigenvalue weighted by molar-refractivity contribution is 0.135. The largest absolute Gasteiger partial charge is 0.489 e. The van der Waals surface area contributed by atoms with Crippen molar-refractivity contribution in [2.45, 2.75) is 38.7 Å². The summed E-state index contributed by atoms with van der Waals surface area (Å²) < 4.78 is 6.96. The van der Waals surface area contributed by atoms with Crippen LogP contribution < -0.4 is 4.74 Å². The molecule has 0 heterocycles. The second-order valence-electron chi connectivity index (χ2n) is 4.57. The second kappa shape index (κ2) is 5.42. The van der Waals surface area contributed by atoms with Gasteiger partial charge in [0.05, 0.1) is 11.1 Å². The molecule has 1 fully saturated rings. The number of halogens is 2. The minimum atomic E-state index is 0.336. The third-order valence-electron chi connectivity index (χ3n) is 3.15. The second-order valence-corrected chi connectivity index (χ2v) is 5.90. The molecule has 0 spiro atoms. The lowest BCUT2D eigenvalue weighted by Gasteiger charge is -2.27. The van der Waals surface area contributed by atoms with E-state index in [0.29, 0.717) is 11.1 Å². The van der Waals surface area contributed by atoms with Crippen molar-refractivity contribution in [2.75, 3.05) is 0 Å². The Hall–Kier alpha value is -0.210. The van der Waals surface area contributed by atoms with E-state index >= 15 is 0 Å². The van der Waals surface area contributed by atoms with E-state index in [1.165, 1.54) is 12.8 Å².